The lowest BCUT2D eigenvalue weighted by Crippen LogP contribution is -2.18. The van der Waals surface area contributed by atoms with Crippen molar-refractivity contribution < 1.29 is 9.13 Å². The zero-order chi connectivity index (χ0) is 15.4. The van der Waals surface area contributed by atoms with E-state index in [0.717, 1.165) is 16.9 Å². The van der Waals surface area contributed by atoms with Gasteiger partial charge < -0.3 is 10.1 Å². The minimum Gasteiger partial charge on any atom is -0.491 e. The molecule has 0 bridgehead atoms. The third-order valence-electron chi connectivity index (χ3n) is 3.13. The standard InChI is InChI=1S/C17H19ClFNO/c1-11(2)21-14-6-4-5-12(9-14)17(20-3)15-8-7-13(19)10-16(15)18/h4-11,17,20H,1-3H3. The average Bonchev–Trinajstić information content (AvgIpc) is 2.41. The molecule has 0 spiro atoms. The highest BCUT2D eigenvalue weighted by atomic mass is 35.5. The van der Waals surface area contributed by atoms with Crippen LogP contribution in [0, 0.1) is 5.82 Å². The fraction of sp³-hybridized carbons (Fsp3) is 0.294. The van der Waals surface area contributed by atoms with Gasteiger partial charge in [0.25, 0.3) is 0 Å². The molecular formula is C17H19ClFNO. The van der Waals surface area contributed by atoms with Crippen molar-refractivity contribution in [3.63, 3.8) is 0 Å². The van der Waals surface area contributed by atoms with Crippen LogP contribution in [0.15, 0.2) is 42.5 Å². The molecule has 2 aromatic rings. The molecule has 2 rings (SSSR count). The smallest absolute Gasteiger partial charge is 0.124 e. The number of hydrogen-bond acceptors (Lipinski definition) is 2. The fourth-order valence-electron chi connectivity index (χ4n) is 2.28. The van der Waals surface area contributed by atoms with Crippen LogP contribution in [-0.2, 0) is 0 Å². The lowest BCUT2D eigenvalue weighted by Gasteiger charge is -2.20. The van der Waals surface area contributed by atoms with Gasteiger partial charge in [0.2, 0.25) is 0 Å². The minimum atomic E-state index is -0.338. The Balaban J connectivity index is 2.37. The van der Waals surface area contributed by atoms with Crippen molar-refractivity contribution in [1.82, 2.24) is 5.32 Å². The van der Waals surface area contributed by atoms with Gasteiger partial charge in [-0.1, -0.05) is 29.8 Å². The Morgan fingerprint density at radius 3 is 2.52 bits per heavy atom. The van der Waals surface area contributed by atoms with Crippen molar-refractivity contribution in [2.24, 2.45) is 0 Å². The second-order valence-electron chi connectivity index (χ2n) is 5.13. The summed E-state index contributed by atoms with van der Waals surface area (Å²) in [4.78, 5) is 0. The molecule has 0 amide bonds. The quantitative estimate of drug-likeness (QED) is 0.873. The summed E-state index contributed by atoms with van der Waals surface area (Å²) in [5.41, 5.74) is 1.85. The molecule has 1 unspecified atom stereocenters. The first kappa shape index (κ1) is 15.8. The molecule has 0 saturated heterocycles. The molecule has 0 aliphatic heterocycles. The number of halogens is 2. The predicted octanol–water partition coefficient (Wildman–Crippen LogP) is 4.58. The summed E-state index contributed by atoms with van der Waals surface area (Å²) < 4.78 is 18.9. The summed E-state index contributed by atoms with van der Waals surface area (Å²) in [5, 5.41) is 3.62. The average molecular weight is 308 g/mol. The van der Waals surface area contributed by atoms with E-state index < -0.39 is 0 Å². The highest BCUT2D eigenvalue weighted by molar-refractivity contribution is 6.31. The molecule has 1 N–H and O–H groups in total. The van der Waals surface area contributed by atoms with Crippen LogP contribution < -0.4 is 10.1 Å². The van der Waals surface area contributed by atoms with Gasteiger partial charge in [0.1, 0.15) is 11.6 Å². The van der Waals surface area contributed by atoms with Crippen molar-refractivity contribution in [3.05, 3.63) is 64.4 Å². The lowest BCUT2D eigenvalue weighted by atomic mass is 9.98. The van der Waals surface area contributed by atoms with Crippen LogP contribution in [0.5, 0.6) is 5.75 Å². The number of ether oxygens (including phenoxy) is 1. The molecule has 0 radical (unpaired) electrons. The van der Waals surface area contributed by atoms with Gasteiger partial charge in [-0.05, 0) is 56.3 Å². The first-order chi connectivity index (χ1) is 10.0. The summed E-state index contributed by atoms with van der Waals surface area (Å²) in [6.07, 6.45) is 0.114. The molecule has 0 aliphatic rings. The van der Waals surface area contributed by atoms with Gasteiger partial charge in [-0.3, -0.25) is 0 Å². The molecule has 0 heterocycles. The summed E-state index contributed by atoms with van der Waals surface area (Å²) in [6, 6.07) is 12.2. The Hall–Kier alpha value is -1.58. The highest BCUT2D eigenvalue weighted by Crippen LogP contribution is 2.30. The Bertz CT molecular complexity index is 615. The lowest BCUT2D eigenvalue weighted by molar-refractivity contribution is 0.242. The molecule has 2 nitrogen and oxygen atoms in total. The maximum atomic E-state index is 13.2. The second kappa shape index (κ2) is 6.92. The van der Waals surface area contributed by atoms with Gasteiger partial charge in [0, 0.05) is 5.02 Å². The highest BCUT2D eigenvalue weighted by Gasteiger charge is 2.16. The van der Waals surface area contributed by atoms with Gasteiger partial charge in [0.15, 0.2) is 0 Å². The monoisotopic (exact) mass is 307 g/mol. The molecule has 4 heteroatoms. The van der Waals surface area contributed by atoms with Crippen molar-refractivity contribution in [3.8, 4) is 5.75 Å². The molecule has 1 atom stereocenters. The third kappa shape index (κ3) is 3.96. The minimum absolute atomic E-state index is 0.114. The van der Waals surface area contributed by atoms with Gasteiger partial charge in [-0.2, -0.15) is 0 Å². The van der Waals surface area contributed by atoms with E-state index in [1.165, 1.54) is 12.1 Å². The topological polar surface area (TPSA) is 21.3 Å². The van der Waals surface area contributed by atoms with Crippen LogP contribution >= 0.6 is 11.6 Å². The van der Waals surface area contributed by atoms with Crippen molar-refractivity contribution in [2.75, 3.05) is 7.05 Å². The van der Waals surface area contributed by atoms with Crippen LogP contribution in [0.2, 0.25) is 5.02 Å². The van der Waals surface area contributed by atoms with Gasteiger partial charge in [0.05, 0.1) is 12.1 Å². The SMILES string of the molecule is CNC(c1cccc(OC(C)C)c1)c1ccc(F)cc1Cl. The van der Waals surface area contributed by atoms with E-state index in [4.69, 9.17) is 16.3 Å². The summed E-state index contributed by atoms with van der Waals surface area (Å²) >= 11 is 6.17. The Morgan fingerprint density at radius 2 is 1.90 bits per heavy atom. The molecule has 0 aliphatic carbocycles. The molecule has 21 heavy (non-hydrogen) atoms. The normalized spacial score (nSPS) is 12.5. The molecule has 0 fully saturated rings. The van der Waals surface area contributed by atoms with E-state index >= 15 is 0 Å². The van der Waals surface area contributed by atoms with E-state index in [1.54, 1.807) is 6.07 Å². The van der Waals surface area contributed by atoms with E-state index in [2.05, 4.69) is 5.32 Å². The van der Waals surface area contributed by atoms with E-state index in [9.17, 15) is 4.39 Å². The zero-order valence-electron chi connectivity index (χ0n) is 12.4. The molecular weight excluding hydrogens is 289 g/mol. The molecule has 0 aromatic heterocycles. The zero-order valence-corrected chi connectivity index (χ0v) is 13.1. The van der Waals surface area contributed by atoms with Gasteiger partial charge >= 0.3 is 0 Å². The van der Waals surface area contributed by atoms with E-state index in [0.29, 0.717) is 5.02 Å². The Labute approximate surface area is 129 Å². The molecule has 2 aromatic carbocycles. The fourth-order valence-corrected chi connectivity index (χ4v) is 2.55. The maximum Gasteiger partial charge on any atom is 0.124 e. The summed E-state index contributed by atoms with van der Waals surface area (Å²) in [7, 11) is 1.85. The predicted molar refractivity (Wildman–Crippen MR) is 84.5 cm³/mol. The first-order valence-corrected chi connectivity index (χ1v) is 7.28. The van der Waals surface area contributed by atoms with Crippen molar-refractivity contribution in [1.29, 1.82) is 0 Å². The molecule has 0 saturated carbocycles. The van der Waals surface area contributed by atoms with Crippen LogP contribution in [-0.4, -0.2) is 13.2 Å². The molecule has 112 valence electrons. The summed E-state index contributed by atoms with van der Waals surface area (Å²) in [6.45, 7) is 3.97. The largest absolute Gasteiger partial charge is 0.491 e. The second-order valence-corrected chi connectivity index (χ2v) is 5.53. The van der Waals surface area contributed by atoms with Crippen molar-refractivity contribution in [2.45, 2.75) is 26.0 Å². The maximum absolute atomic E-state index is 13.2. The number of nitrogens with one attached hydrogen (secondary N) is 1. The first-order valence-electron chi connectivity index (χ1n) is 6.90. The van der Waals surface area contributed by atoms with Crippen LogP contribution in [0.3, 0.4) is 0 Å². The van der Waals surface area contributed by atoms with Crippen LogP contribution in [0.25, 0.3) is 0 Å². The Kier molecular flexibility index (Phi) is 5.21. The van der Waals surface area contributed by atoms with Crippen LogP contribution in [0.4, 0.5) is 4.39 Å². The third-order valence-corrected chi connectivity index (χ3v) is 3.45. The van der Waals surface area contributed by atoms with Crippen molar-refractivity contribution >= 4 is 11.6 Å². The van der Waals surface area contributed by atoms with Gasteiger partial charge in [-0.25, -0.2) is 4.39 Å². The van der Waals surface area contributed by atoms with Gasteiger partial charge in [-0.15, -0.1) is 0 Å². The van der Waals surface area contributed by atoms with Crippen LogP contribution in [0.1, 0.15) is 31.0 Å². The number of hydrogen-bond donors (Lipinski definition) is 1. The van der Waals surface area contributed by atoms with E-state index in [1.807, 2.05) is 45.2 Å². The Morgan fingerprint density at radius 1 is 1.14 bits per heavy atom. The number of benzene rings is 2. The summed E-state index contributed by atoms with van der Waals surface area (Å²) in [5.74, 6) is 0.469. The van der Waals surface area contributed by atoms with E-state index in [-0.39, 0.29) is 18.0 Å². The number of rotatable bonds is 5.